The summed E-state index contributed by atoms with van der Waals surface area (Å²) in [6.07, 6.45) is 2.48. The van der Waals surface area contributed by atoms with Crippen LogP contribution in [0.5, 0.6) is 0 Å². The van der Waals surface area contributed by atoms with E-state index in [9.17, 15) is 9.50 Å². The van der Waals surface area contributed by atoms with Crippen molar-refractivity contribution in [3.63, 3.8) is 0 Å². The second-order valence-corrected chi connectivity index (χ2v) is 7.65. The second kappa shape index (κ2) is 11.3. The van der Waals surface area contributed by atoms with Gasteiger partial charge in [-0.05, 0) is 38.5 Å². The Kier molecular flexibility index (Phi) is 8.17. The molecule has 0 amide bonds. The van der Waals surface area contributed by atoms with Crippen molar-refractivity contribution in [3.8, 4) is 11.5 Å². The van der Waals surface area contributed by atoms with Gasteiger partial charge < -0.3 is 20.6 Å². The third-order valence-corrected chi connectivity index (χ3v) is 4.53. The number of aliphatic imine (C=N–C) groups is 2. The van der Waals surface area contributed by atoms with Gasteiger partial charge in [0.15, 0.2) is 0 Å². The molecule has 0 fully saturated rings. The lowest BCUT2D eigenvalue weighted by atomic mass is 10.1. The molecule has 172 valence electrons. The molecule has 0 aliphatic carbocycles. The fourth-order valence-corrected chi connectivity index (χ4v) is 2.86. The van der Waals surface area contributed by atoms with Crippen molar-refractivity contribution in [2.75, 3.05) is 6.54 Å². The number of hydrogen-bond acceptors (Lipinski definition) is 7. The maximum absolute atomic E-state index is 14.6. The SMILES string of the molecule is CC(N)=N/C=C(\N=Cc1nnc(-c2ccc(CNCC(C)O)cc2F)o1)c1ccc(C)cc1. The van der Waals surface area contributed by atoms with Crippen molar-refractivity contribution in [2.45, 2.75) is 33.4 Å². The molecule has 0 bridgehead atoms. The Morgan fingerprint density at radius 3 is 2.67 bits per heavy atom. The number of amidine groups is 1. The van der Waals surface area contributed by atoms with Gasteiger partial charge in [0.2, 0.25) is 0 Å². The lowest BCUT2D eigenvalue weighted by Gasteiger charge is -2.07. The maximum Gasteiger partial charge on any atom is 0.259 e. The summed E-state index contributed by atoms with van der Waals surface area (Å²) in [6, 6.07) is 12.5. The van der Waals surface area contributed by atoms with Gasteiger partial charge in [0, 0.05) is 18.7 Å². The zero-order valence-corrected chi connectivity index (χ0v) is 18.8. The van der Waals surface area contributed by atoms with Crippen LogP contribution >= 0.6 is 0 Å². The third kappa shape index (κ3) is 7.16. The highest BCUT2D eigenvalue weighted by molar-refractivity contribution is 5.83. The number of aryl methyl sites for hydroxylation is 1. The van der Waals surface area contributed by atoms with Crippen LogP contribution in [0.15, 0.2) is 63.1 Å². The van der Waals surface area contributed by atoms with Gasteiger partial charge >= 0.3 is 0 Å². The average molecular weight is 451 g/mol. The number of hydrogen-bond donors (Lipinski definition) is 3. The highest BCUT2D eigenvalue weighted by atomic mass is 19.1. The summed E-state index contributed by atoms with van der Waals surface area (Å²) in [5, 5.41) is 20.2. The molecule has 9 heteroatoms. The minimum Gasteiger partial charge on any atom is -0.415 e. The number of nitrogens with zero attached hydrogens (tertiary/aromatic N) is 4. The van der Waals surface area contributed by atoms with Gasteiger partial charge in [-0.25, -0.2) is 14.4 Å². The van der Waals surface area contributed by atoms with Gasteiger partial charge in [-0.1, -0.05) is 35.9 Å². The summed E-state index contributed by atoms with van der Waals surface area (Å²) in [5.41, 5.74) is 9.09. The number of nitrogens with one attached hydrogen (secondary N) is 1. The topological polar surface area (TPSA) is 122 Å². The summed E-state index contributed by atoms with van der Waals surface area (Å²) in [4.78, 5) is 8.53. The summed E-state index contributed by atoms with van der Waals surface area (Å²) in [7, 11) is 0. The summed E-state index contributed by atoms with van der Waals surface area (Å²) in [5.74, 6) is 0.0917. The van der Waals surface area contributed by atoms with E-state index < -0.39 is 11.9 Å². The molecule has 0 aliphatic heterocycles. The van der Waals surface area contributed by atoms with Crippen LogP contribution in [0.1, 0.15) is 36.4 Å². The van der Waals surface area contributed by atoms with E-state index in [1.807, 2.05) is 31.2 Å². The van der Waals surface area contributed by atoms with Crippen molar-refractivity contribution in [2.24, 2.45) is 15.7 Å². The molecule has 1 atom stereocenters. The summed E-state index contributed by atoms with van der Waals surface area (Å²) >= 11 is 0. The molecule has 0 aliphatic rings. The first kappa shape index (κ1) is 24.0. The molecule has 4 N–H and O–H groups in total. The average Bonchev–Trinajstić information content (AvgIpc) is 3.23. The van der Waals surface area contributed by atoms with Crippen LogP contribution in [0.2, 0.25) is 0 Å². The number of halogens is 1. The van der Waals surface area contributed by atoms with Gasteiger partial charge in [0.1, 0.15) is 5.82 Å². The maximum atomic E-state index is 14.6. The number of aliphatic hydroxyl groups is 1. The molecule has 33 heavy (non-hydrogen) atoms. The van der Waals surface area contributed by atoms with Gasteiger partial charge in [-0.2, -0.15) is 0 Å². The predicted octanol–water partition coefficient (Wildman–Crippen LogP) is 3.45. The minimum atomic E-state index is -0.480. The van der Waals surface area contributed by atoms with Gasteiger partial charge in [0.25, 0.3) is 11.8 Å². The smallest absolute Gasteiger partial charge is 0.259 e. The van der Waals surface area contributed by atoms with Crippen molar-refractivity contribution in [3.05, 3.63) is 77.1 Å². The second-order valence-electron chi connectivity index (χ2n) is 7.65. The van der Waals surface area contributed by atoms with E-state index in [1.165, 1.54) is 12.3 Å². The van der Waals surface area contributed by atoms with Crippen LogP contribution < -0.4 is 11.1 Å². The van der Waals surface area contributed by atoms with Crippen molar-refractivity contribution in [1.82, 2.24) is 15.5 Å². The van der Waals surface area contributed by atoms with Crippen LogP contribution in [0.3, 0.4) is 0 Å². The largest absolute Gasteiger partial charge is 0.415 e. The Balaban J connectivity index is 1.78. The van der Waals surface area contributed by atoms with Crippen LogP contribution in [-0.4, -0.2) is 40.0 Å². The number of aliphatic hydroxyl groups excluding tert-OH is 1. The molecule has 8 nitrogen and oxygen atoms in total. The van der Waals surface area contributed by atoms with Crippen molar-refractivity contribution >= 4 is 17.7 Å². The quantitative estimate of drug-likeness (QED) is 0.339. The molecule has 3 rings (SSSR count). The lowest BCUT2D eigenvalue weighted by molar-refractivity contribution is 0.191. The fourth-order valence-electron chi connectivity index (χ4n) is 2.86. The molecule has 0 radical (unpaired) electrons. The Morgan fingerprint density at radius 1 is 1.24 bits per heavy atom. The molecule has 0 saturated heterocycles. The predicted molar refractivity (Wildman–Crippen MR) is 127 cm³/mol. The molecular weight excluding hydrogens is 423 g/mol. The first-order valence-corrected chi connectivity index (χ1v) is 10.4. The van der Waals surface area contributed by atoms with E-state index in [1.54, 1.807) is 32.2 Å². The van der Waals surface area contributed by atoms with Crippen molar-refractivity contribution < 1.29 is 13.9 Å². The van der Waals surface area contributed by atoms with Gasteiger partial charge in [-0.3, -0.25) is 0 Å². The van der Waals surface area contributed by atoms with Crippen LogP contribution in [0.4, 0.5) is 4.39 Å². The van der Waals surface area contributed by atoms with E-state index in [2.05, 4.69) is 25.5 Å². The summed E-state index contributed by atoms with van der Waals surface area (Å²) in [6.45, 7) is 6.21. The monoisotopic (exact) mass is 450 g/mol. The third-order valence-electron chi connectivity index (χ3n) is 4.53. The molecular formula is C24H27FN6O2. The zero-order chi connectivity index (χ0) is 23.8. The molecule has 3 aromatic rings. The van der Waals surface area contributed by atoms with E-state index in [0.717, 1.165) is 16.7 Å². The van der Waals surface area contributed by atoms with E-state index in [0.29, 0.717) is 24.6 Å². The molecule has 1 heterocycles. The Labute approximate surface area is 191 Å². The zero-order valence-electron chi connectivity index (χ0n) is 18.8. The Bertz CT molecular complexity index is 1160. The Morgan fingerprint density at radius 2 is 2.00 bits per heavy atom. The van der Waals surface area contributed by atoms with Crippen LogP contribution in [0.25, 0.3) is 17.2 Å². The van der Waals surface area contributed by atoms with E-state index in [-0.39, 0.29) is 17.3 Å². The molecule has 0 saturated carbocycles. The fraction of sp³-hybridized carbons (Fsp3) is 0.250. The highest BCUT2D eigenvalue weighted by Crippen LogP contribution is 2.23. The van der Waals surface area contributed by atoms with Gasteiger partial charge in [0.05, 0.1) is 35.6 Å². The van der Waals surface area contributed by atoms with Gasteiger partial charge in [-0.15, -0.1) is 10.2 Å². The molecule has 2 aromatic carbocycles. The molecule has 1 aromatic heterocycles. The Hall–Kier alpha value is -3.69. The molecule has 0 spiro atoms. The standard InChI is InChI=1S/C24H27FN6O2/c1-15-4-7-19(8-5-15)22(13-28-17(3)26)29-14-23-30-31-24(33-23)20-9-6-18(10-21(20)25)12-27-11-16(2)32/h4-10,13-14,16,27,32H,11-12H2,1-3H3,(H2,26,28)/b22-13-,29-14?. The number of rotatable bonds is 9. The lowest BCUT2D eigenvalue weighted by Crippen LogP contribution is -2.23. The first-order chi connectivity index (χ1) is 15.8. The highest BCUT2D eigenvalue weighted by Gasteiger charge is 2.13. The van der Waals surface area contributed by atoms with Crippen LogP contribution in [0, 0.1) is 12.7 Å². The number of aromatic nitrogens is 2. The summed E-state index contributed by atoms with van der Waals surface area (Å²) < 4.78 is 20.2. The first-order valence-electron chi connectivity index (χ1n) is 10.4. The minimum absolute atomic E-state index is 0.0501. The normalized spacial score (nSPS) is 13.6. The van der Waals surface area contributed by atoms with E-state index >= 15 is 0 Å². The number of benzene rings is 2. The molecule has 1 unspecified atom stereocenters. The van der Waals surface area contributed by atoms with Crippen LogP contribution in [-0.2, 0) is 6.54 Å². The van der Waals surface area contributed by atoms with E-state index in [4.69, 9.17) is 10.2 Å². The number of nitrogens with two attached hydrogens (primary N) is 1. The van der Waals surface area contributed by atoms with Crippen molar-refractivity contribution in [1.29, 1.82) is 0 Å².